The first kappa shape index (κ1) is 16.8. The molecule has 6 nitrogen and oxygen atoms in total. The van der Waals surface area contributed by atoms with Crippen LogP contribution in [0.4, 0.5) is 5.69 Å². The molecule has 1 saturated heterocycles. The van der Waals surface area contributed by atoms with E-state index in [4.69, 9.17) is 5.73 Å². The third-order valence-corrected chi connectivity index (χ3v) is 5.60. The number of rotatable bonds is 6. The van der Waals surface area contributed by atoms with Crippen LogP contribution in [0.1, 0.15) is 37.7 Å². The van der Waals surface area contributed by atoms with Crippen molar-refractivity contribution in [1.29, 1.82) is 0 Å². The van der Waals surface area contributed by atoms with Gasteiger partial charge in [0, 0.05) is 54.6 Å². The van der Waals surface area contributed by atoms with E-state index < -0.39 is 5.91 Å². The molecule has 0 unspecified atom stereocenters. The van der Waals surface area contributed by atoms with E-state index in [9.17, 15) is 9.59 Å². The van der Waals surface area contributed by atoms with Gasteiger partial charge in [0.05, 0.1) is 11.9 Å². The second-order valence-electron chi connectivity index (χ2n) is 7.49. The summed E-state index contributed by atoms with van der Waals surface area (Å²) in [5.41, 5.74) is 7.90. The van der Waals surface area contributed by atoms with Crippen LogP contribution in [0.15, 0.2) is 24.5 Å². The Kier molecular flexibility index (Phi) is 4.49. The lowest BCUT2D eigenvalue weighted by Gasteiger charge is -2.41. The number of anilines is 1. The molecule has 4 rings (SSSR count). The minimum atomic E-state index is -0.471. The SMILES string of the molecule is NC(=O)/C=C/c1c[nH]c2ncc(N3CC(CC(=O)C4CCCC4)C3)cc12. The number of Topliss-reactive ketones (excluding diaryl/α,β-unsaturated/α-hetero) is 1. The number of carbonyl (C=O) groups is 2. The van der Waals surface area contributed by atoms with Gasteiger partial charge in [-0.25, -0.2) is 4.98 Å². The lowest BCUT2D eigenvalue weighted by atomic mass is 9.88. The molecule has 0 radical (unpaired) electrons. The topological polar surface area (TPSA) is 92.1 Å². The van der Waals surface area contributed by atoms with Crippen LogP contribution in [-0.2, 0) is 9.59 Å². The fourth-order valence-corrected chi connectivity index (χ4v) is 4.10. The van der Waals surface area contributed by atoms with Crippen molar-refractivity contribution < 1.29 is 9.59 Å². The molecule has 1 saturated carbocycles. The number of hydrogen-bond donors (Lipinski definition) is 2. The Morgan fingerprint density at radius 2 is 2.08 bits per heavy atom. The molecule has 1 amide bonds. The number of ketones is 1. The van der Waals surface area contributed by atoms with E-state index in [0.29, 0.717) is 24.0 Å². The fraction of sp³-hybridized carbons (Fsp3) is 0.450. The number of fused-ring (bicyclic) bond motifs is 1. The van der Waals surface area contributed by atoms with Gasteiger partial charge in [-0.05, 0) is 25.0 Å². The molecule has 0 bridgehead atoms. The van der Waals surface area contributed by atoms with Crippen LogP contribution in [0.3, 0.4) is 0 Å². The number of amides is 1. The van der Waals surface area contributed by atoms with Gasteiger partial charge in [-0.2, -0.15) is 0 Å². The summed E-state index contributed by atoms with van der Waals surface area (Å²) in [6.45, 7) is 1.81. The minimum absolute atomic E-state index is 0.321. The molecule has 1 aliphatic carbocycles. The normalized spacial score (nSPS) is 18.7. The van der Waals surface area contributed by atoms with Crippen LogP contribution in [0.2, 0.25) is 0 Å². The van der Waals surface area contributed by atoms with Gasteiger partial charge in [-0.3, -0.25) is 9.59 Å². The molecule has 2 fully saturated rings. The number of H-pyrrole nitrogens is 1. The Morgan fingerprint density at radius 1 is 1.31 bits per heavy atom. The molecule has 0 aromatic carbocycles. The van der Waals surface area contributed by atoms with Gasteiger partial charge in [0.25, 0.3) is 0 Å². The van der Waals surface area contributed by atoms with Crippen molar-refractivity contribution in [2.75, 3.05) is 18.0 Å². The van der Waals surface area contributed by atoms with Crippen LogP contribution < -0.4 is 10.6 Å². The van der Waals surface area contributed by atoms with E-state index in [2.05, 4.69) is 20.9 Å². The zero-order chi connectivity index (χ0) is 18.1. The van der Waals surface area contributed by atoms with Crippen LogP contribution in [0, 0.1) is 11.8 Å². The van der Waals surface area contributed by atoms with Crippen molar-refractivity contribution in [3.8, 4) is 0 Å². The molecule has 6 heteroatoms. The summed E-state index contributed by atoms with van der Waals surface area (Å²) in [5.74, 6) is 0.770. The zero-order valence-corrected chi connectivity index (χ0v) is 14.8. The number of nitrogens with one attached hydrogen (secondary N) is 1. The van der Waals surface area contributed by atoms with Gasteiger partial charge in [-0.1, -0.05) is 12.8 Å². The predicted molar refractivity (Wildman–Crippen MR) is 102 cm³/mol. The van der Waals surface area contributed by atoms with Crippen molar-refractivity contribution in [1.82, 2.24) is 9.97 Å². The number of carbonyl (C=O) groups excluding carboxylic acids is 2. The smallest absolute Gasteiger partial charge is 0.241 e. The van der Waals surface area contributed by atoms with E-state index in [1.165, 1.54) is 18.9 Å². The van der Waals surface area contributed by atoms with Gasteiger partial charge >= 0.3 is 0 Å². The Bertz CT molecular complexity index is 858. The molecule has 26 heavy (non-hydrogen) atoms. The molecular formula is C20H24N4O2. The molecule has 2 aliphatic rings. The molecule has 2 aromatic rings. The van der Waals surface area contributed by atoms with Crippen LogP contribution >= 0.6 is 0 Å². The summed E-state index contributed by atoms with van der Waals surface area (Å²) >= 11 is 0. The van der Waals surface area contributed by atoms with Crippen molar-refractivity contribution in [2.24, 2.45) is 17.6 Å². The molecule has 136 valence electrons. The number of hydrogen-bond acceptors (Lipinski definition) is 4. The summed E-state index contributed by atoms with van der Waals surface area (Å²) in [4.78, 5) is 33.1. The van der Waals surface area contributed by atoms with Crippen molar-refractivity contribution in [3.05, 3.63) is 30.1 Å². The first-order valence-corrected chi connectivity index (χ1v) is 9.32. The third kappa shape index (κ3) is 3.36. The molecule has 0 spiro atoms. The molecule has 3 N–H and O–H groups in total. The Morgan fingerprint density at radius 3 is 2.81 bits per heavy atom. The minimum Gasteiger partial charge on any atom is -0.370 e. The number of nitrogens with zero attached hydrogens (tertiary/aromatic N) is 2. The highest BCUT2D eigenvalue weighted by Crippen LogP contribution is 2.32. The number of aromatic nitrogens is 2. The average Bonchev–Trinajstić information content (AvgIpc) is 3.25. The van der Waals surface area contributed by atoms with E-state index >= 15 is 0 Å². The first-order chi connectivity index (χ1) is 12.6. The lowest BCUT2D eigenvalue weighted by molar-refractivity contribution is -0.123. The number of nitrogens with two attached hydrogens (primary N) is 1. The van der Waals surface area contributed by atoms with Gasteiger partial charge in [-0.15, -0.1) is 0 Å². The molecule has 3 heterocycles. The molecular weight excluding hydrogens is 328 g/mol. The Labute approximate surface area is 152 Å². The highest BCUT2D eigenvalue weighted by Gasteiger charge is 2.32. The van der Waals surface area contributed by atoms with Crippen molar-refractivity contribution in [2.45, 2.75) is 32.1 Å². The molecule has 1 aliphatic heterocycles. The third-order valence-electron chi connectivity index (χ3n) is 5.60. The number of aromatic amines is 1. The van der Waals surface area contributed by atoms with E-state index in [1.807, 2.05) is 12.4 Å². The largest absolute Gasteiger partial charge is 0.370 e. The van der Waals surface area contributed by atoms with E-state index in [-0.39, 0.29) is 0 Å². The van der Waals surface area contributed by atoms with Crippen molar-refractivity contribution in [3.63, 3.8) is 0 Å². The lowest BCUT2D eigenvalue weighted by Crippen LogP contribution is -2.48. The van der Waals surface area contributed by atoms with Crippen LogP contribution in [0.25, 0.3) is 17.1 Å². The second-order valence-corrected chi connectivity index (χ2v) is 7.49. The Hall–Kier alpha value is -2.63. The maximum absolute atomic E-state index is 12.3. The summed E-state index contributed by atoms with van der Waals surface area (Å²) in [6, 6.07) is 2.08. The standard InChI is InChI=1S/C20H24N4O2/c21-19(26)6-5-15-9-22-20-17(15)8-16(10-23-20)24-11-13(12-24)7-18(25)14-3-1-2-4-14/h5-6,8-10,13-14H,1-4,7,11-12H2,(H2,21,26)(H,22,23)/b6-5+. The van der Waals surface area contributed by atoms with Gasteiger partial charge in [0.15, 0.2) is 0 Å². The average molecular weight is 352 g/mol. The van der Waals surface area contributed by atoms with Crippen LogP contribution in [0.5, 0.6) is 0 Å². The number of pyridine rings is 1. The predicted octanol–water partition coefficient (Wildman–Crippen LogP) is 2.65. The molecule has 2 aromatic heterocycles. The van der Waals surface area contributed by atoms with Gasteiger partial charge in [0.2, 0.25) is 5.91 Å². The summed E-state index contributed by atoms with van der Waals surface area (Å²) in [6.07, 6.45) is 12.0. The summed E-state index contributed by atoms with van der Waals surface area (Å²) in [5, 5.41) is 0.963. The van der Waals surface area contributed by atoms with Crippen molar-refractivity contribution >= 4 is 34.5 Å². The van der Waals surface area contributed by atoms with Gasteiger partial charge < -0.3 is 15.6 Å². The Balaban J connectivity index is 1.41. The highest BCUT2D eigenvalue weighted by molar-refractivity contribution is 5.95. The summed E-state index contributed by atoms with van der Waals surface area (Å²) in [7, 11) is 0. The maximum atomic E-state index is 12.3. The molecule has 0 atom stereocenters. The number of primary amides is 1. The van der Waals surface area contributed by atoms with E-state index in [0.717, 1.165) is 48.2 Å². The monoisotopic (exact) mass is 352 g/mol. The second kappa shape index (κ2) is 6.94. The zero-order valence-electron chi connectivity index (χ0n) is 14.8. The quantitative estimate of drug-likeness (QED) is 0.782. The summed E-state index contributed by atoms with van der Waals surface area (Å²) < 4.78 is 0. The maximum Gasteiger partial charge on any atom is 0.241 e. The van der Waals surface area contributed by atoms with Gasteiger partial charge in [0.1, 0.15) is 11.4 Å². The van der Waals surface area contributed by atoms with E-state index in [1.54, 1.807) is 6.08 Å². The highest BCUT2D eigenvalue weighted by atomic mass is 16.1. The first-order valence-electron chi connectivity index (χ1n) is 9.32. The van der Waals surface area contributed by atoms with Crippen LogP contribution in [-0.4, -0.2) is 34.7 Å². The fourth-order valence-electron chi connectivity index (χ4n) is 4.10.